The van der Waals surface area contributed by atoms with E-state index in [2.05, 4.69) is 19.2 Å². The van der Waals surface area contributed by atoms with Gasteiger partial charge in [-0.15, -0.1) is 0 Å². The second kappa shape index (κ2) is 8.15. The first-order valence-electron chi connectivity index (χ1n) is 6.87. The third-order valence-electron chi connectivity index (χ3n) is 3.13. The van der Waals surface area contributed by atoms with Crippen molar-refractivity contribution in [3.05, 3.63) is 0 Å². The molecule has 0 aromatic heterocycles. The van der Waals surface area contributed by atoms with E-state index in [9.17, 15) is 9.59 Å². The zero-order chi connectivity index (χ0) is 15.1. The lowest BCUT2D eigenvalue weighted by atomic mass is 9.99. The molecule has 0 heterocycles. The molecular formula is C14H27NO4. The molecule has 112 valence electrons. The van der Waals surface area contributed by atoms with Crippen LogP contribution in [0.3, 0.4) is 0 Å². The van der Waals surface area contributed by atoms with Crippen LogP contribution in [0.2, 0.25) is 0 Å². The number of carboxylic acids is 1. The molecule has 0 spiro atoms. The van der Waals surface area contributed by atoms with Crippen LogP contribution in [-0.4, -0.2) is 35.2 Å². The van der Waals surface area contributed by atoms with Crippen LogP contribution in [0.5, 0.6) is 0 Å². The van der Waals surface area contributed by atoms with Gasteiger partial charge in [0, 0.05) is 6.42 Å². The molecule has 0 fully saturated rings. The van der Waals surface area contributed by atoms with E-state index in [4.69, 9.17) is 9.84 Å². The van der Waals surface area contributed by atoms with E-state index in [1.54, 1.807) is 6.92 Å². The number of carbonyl (C=O) groups is 2. The highest BCUT2D eigenvalue weighted by molar-refractivity contribution is 5.86. The maximum atomic E-state index is 11.7. The number of hydrogen-bond acceptors (Lipinski definition) is 3. The zero-order valence-electron chi connectivity index (χ0n) is 12.7. The summed E-state index contributed by atoms with van der Waals surface area (Å²) in [6, 6.07) is 0. The van der Waals surface area contributed by atoms with Crippen molar-refractivity contribution in [1.29, 1.82) is 0 Å². The number of amides is 1. The molecule has 0 rings (SSSR count). The van der Waals surface area contributed by atoms with E-state index in [-0.39, 0.29) is 18.4 Å². The van der Waals surface area contributed by atoms with Crippen LogP contribution in [0, 0.1) is 5.92 Å². The van der Waals surface area contributed by atoms with Gasteiger partial charge < -0.3 is 15.2 Å². The quantitative estimate of drug-likeness (QED) is 0.675. The van der Waals surface area contributed by atoms with Gasteiger partial charge in [-0.05, 0) is 32.6 Å². The molecule has 5 nitrogen and oxygen atoms in total. The van der Waals surface area contributed by atoms with Crippen LogP contribution in [0.15, 0.2) is 0 Å². The standard InChI is InChI=1S/C14H27NO4/c1-6-14(5,13(17)18)15-12(16)7-8-19-11(4)9-10(2)3/h10-11H,6-9H2,1-5H3,(H,15,16)(H,17,18). The van der Waals surface area contributed by atoms with Crippen molar-refractivity contribution in [2.75, 3.05) is 6.61 Å². The normalized spacial score (nSPS) is 15.9. The molecule has 0 aliphatic rings. The number of aliphatic carboxylic acids is 1. The fourth-order valence-electron chi connectivity index (χ4n) is 1.75. The Morgan fingerprint density at radius 1 is 1.32 bits per heavy atom. The largest absolute Gasteiger partial charge is 0.480 e. The molecule has 0 radical (unpaired) electrons. The second-order valence-corrected chi connectivity index (χ2v) is 5.60. The van der Waals surface area contributed by atoms with Crippen molar-refractivity contribution >= 4 is 11.9 Å². The number of ether oxygens (including phenoxy) is 1. The molecule has 0 bridgehead atoms. The first-order valence-corrected chi connectivity index (χ1v) is 6.87. The molecule has 2 N–H and O–H groups in total. The van der Waals surface area contributed by atoms with Gasteiger partial charge in [-0.3, -0.25) is 4.79 Å². The first kappa shape index (κ1) is 17.9. The molecule has 2 unspecified atom stereocenters. The summed E-state index contributed by atoms with van der Waals surface area (Å²) in [5.74, 6) is -0.750. The van der Waals surface area contributed by atoms with Gasteiger partial charge in [0.25, 0.3) is 0 Å². The predicted molar refractivity (Wildman–Crippen MR) is 74.0 cm³/mol. The van der Waals surface area contributed by atoms with Crippen LogP contribution < -0.4 is 5.32 Å². The van der Waals surface area contributed by atoms with Crippen molar-refractivity contribution in [2.24, 2.45) is 5.92 Å². The Hall–Kier alpha value is -1.10. The molecule has 19 heavy (non-hydrogen) atoms. The fraction of sp³-hybridized carbons (Fsp3) is 0.857. The Balaban J connectivity index is 4.03. The summed E-state index contributed by atoms with van der Waals surface area (Å²) < 4.78 is 5.52. The fourth-order valence-corrected chi connectivity index (χ4v) is 1.75. The monoisotopic (exact) mass is 273 g/mol. The molecule has 0 saturated carbocycles. The number of rotatable bonds is 9. The SMILES string of the molecule is CCC(C)(NC(=O)CCOC(C)CC(C)C)C(=O)O. The Labute approximate surface area is 115 Å². The van der Waals surface area contributed by atoms with Gasteiger partial charge in [0.1, 0.15) is 5.54 Å². The molecule has 5 heteroatoms. The van der Waals surface area contributed by atoms with E-state index < -0.39 is 11.5 Å². The van der Waals surface area contributed by atoms with E-state index in [0.29, 0.717) is 18.9 Å². The van der Waals surface area contributed by atoms with Gasteiger partial charge in [-0.2, -0.15) is 0 Å². The lowest BCUT2D eigenvalue weighted by Crippen LogP contribution is -2.51. The van der Waals surface area contributed by atoms with Crippen LogP contribution in [0.25, 0.3) is 0 Å². The van der Waals surface area contributed by atoms with Gasteiger partial charge in [0.2, 0.25) is 5.91 Å². The van der Waals surface area contributed by atoms with E-state index >= 15 is 0 Å². The number of hydrogen-bond donors (Lipinski definition) is 2. The van der Waals surface area contributed by atoms with E-state index in [1.807, 2.05) is 6.92 Å². The van der Waals surface area contributed by atoms with Gasteiger partial charge in [-0.25, -0.2) is 4.79 Å². The van der Waals surface area contributed by atoms with Gasteiger partial charge >= 0.3 is 5.97 Å². The van der Waals surface area contributed by atoms with Gasteiger partial charge in [0.15, 0.2) is 0 Å². The van der Waals surface area contributed by atoms with Crippen LogP contribution in [-0.2, 0) is 14.3 Å². The van der Waals surface area contributed by atoms with Crippen LogP contribution in [0.4, 0.5) is 0 Å². The third-order valence-corrected chi connectivity index (χ3v) is 3.13. The highest BCUT2D eigenvalue weighted by Gasteiger charge is 2.32. The van der Waals surface area contributed by atoms with Gasteiger partial charge in [0.05, 0.1) is 12.7 Å². The number of carboxylic acid groups (broad SMARTS) is 1. The second-order valence-electron chi connectivity index (χ2n) is 5.60. The molecule has 0 saturated heterocycles. The van der Waals surface area contributed by atoms with Crippen molar-refractivity contribution in [1.82, 2.24) is 5.32 Å². The molecule has 0 aliphatic carbocycles. The average Bonchev–Trinajstić information content (AvgIpc) is 2.27. The minimum atomic E-state index is -1.19. The van der Waals surface area contributed by atoms with E-state index in [1.165, 1.54) is 6.92 Å². The summed E-state index contributed by atoms with van der Waals surface area (Å²) in [4.78, 5) is 22.7. The summed E-state index contributed by atoms with van der Waals surface area (Å²) in [5, 5.41) is 11.6. The highest BCUT2D eigenvalue weighted by atomic mass is 16.5. The van der Waals surface area contributed by atoms with E-state index in [0.717, 1.165) is 6.42 Å². The van der Waals surface area contributed by atoms with Crippen molar-refractivity contribution in [3.63, 3.8) is 0 Å². The minimum absolute atomic E-state index is 0.116. The summed E-state index contributed by atoms with van der Waals surface area (Å²) >= 11 is 0. The maximum Gasteiger partial charge on any atom is 0.329 e. The average molecular weight is 273 g/mol. The number of carbonyl (C=O) groups excluding carboxylic acids is 1. The highest BCUT2D eigenvalue weighted by Crippen LogP contribution is 2.10. The molecule has 2 atom stereocenters. The maximum absolute atomic E-state index is 11.7. The smallest absolute Gasteiger partial charge is 0.329 e. The lowest BCUT2D eigenvalue weighted by Gasteiger charge is -2.24. The summed E-state index contributed by atoms with van der Waals surface area (Å²) in [6.45, 7) is 9.77. The first-order chi connectivity index (χ1) is 8.71. The van der Waals surface area contributed by atoms with Crippen molar-refractivity contribution in [2.45, 2.75) is 65.5 Å². The Morgan fingerprint density at radius 3 is 2.32 bits per heavy atom. The third kappa shape index (κ3) is 7.15. The molecule has 0 aliphatic heterocycles. The number of nitrogens with one attached hydrogen (secondary N) is 1. The van der Waals surface area contributed by atoms with Crippen molar-refractivity contribution < 1.29 is 19.4 Å². The van der Waals surface area contributed by atoms with Crippen LogP contribution >= 0.6 is 0 Å². The summed E-state index contributed by atoms with van der Waals surface area (Å²) in [7, 11) is 0. The molecule has 0 aromatic rings. The molecule has 1 amide bonds. The Bertz CT molecular complexity index is 304. The van der Waals surface area contributed by atoms with Crippen LogP contribution in [0.1, 0.15) is 53.9 Å². The van der Waals surface area contributed by atoms with Gasteiger partial charge in [-0.1, -0.05) is 20.8 Å². The molecule has 0 aromatic carbocycles. The summed E-state index contributed by atoms with van der Waals surface area (Å²) in [6.07, 6.45) is 1.60. The van der Waals surface area contributed by atoms with Crippen molar-refractivity contribution in [3.8, 4) is 0 Å². The zero-order valence-corrected chi connectivity index (χ0v) is 12.7. The topological polar surface area (TPSA) is 75.6 Å². The Kier molecular flexibility index (Phi) is 7.68. The summed E-state index contributed by atoms with van der Waals surface area (Å²) in [5.41, 5.74) is -1.19. The Morgan fingerprint density at radius 2 is 1.89 bits per heavy atom. The molecular weight excluding hydrogens is 246 g/mol. The minimum Gasteiger partial charge on any atom is -0.480 e. The lowest BCUT2D eigenvalue weighted by molar-refractivity contribution is -0.147. The predicted octanol–water partition coefficient (Wildman–Crippen LogP) is 2.20.